The van der Waals surface area contributed by atoms with E-state index in [1.807, 2.05) is 0 Å². The van der Waals surface area contributed by atoms with E-state index in [1.165, 1.54) is 23.3 Å². The highest BCUT2D eigenvalue weighted by atomic mass is 32.2. The van der Waals surface area contributed by atoms with Gasteiger partial charge < -0.3 is 0 Å². The van der Waals surface area contributed by atoms with Crippen LogP contribution in [0.3, 0.4) is 0 Å². The van der Waals surface area contributed by atoms with Crippen molar-refractivity contribution in [1.82, 2.24) is 19.7 Å². The molecule has 0 amide bonds. The molecule has 1 N–H and O–H groups in total. The van der Waals surface area contributed by atoms with Gasteiger partial charge in [0.2, 0.25) is 10.0 Å². The Morgan fingerprint density at radius 1 is 1.17 bits per heavy atom. The van der Waals surface area contributed by atoms with Crippen molar-refractivity contribution in [2.45, 2.75) is 37.5 Å². The molecule has 1 heterocycles. The largest absolute Gasteiger partial charge is 0.417 e. The quantitative estimate of drug-likeness (QED) is 0.855. The summed E-state index contributed by atoms with van der Waals surface area (Å²) in [6.07, 6.45) is -1.89. The average molecular weight is 362 g/mol. The van der Waals surface area contributed by atoms with Crippen LogP contribution in [0.5, 0.6) is 0 Å². The second-order valence-corrected chi connectivity index (χ2v) is 7.23. The number of halogens is 3. The van der Waals surface area contributed by atoms with Gasteiger partial charge in [-0.15, -0.1) is 0 Å². The highest BCUT2D eigenvalue weighted by molar-refractivity contribution is 7.89. The standard InChI is InChI=1S/C14H17F3N4O2S/c1-10(2)12(9-21-18-7-8-19-21)20-24(22,23)13-6-4-3-5-11(13)14(15,16)17/h3-8,10,12,20H,9H2,1-2H3. The number of benzene rings is 1. The molecule has 0 aliphatic rings. The fraction of sp³-hybridized carbons (Fsp3) is 0.429. The van der Waals surface area contributed by atoms with Gasteiger partial charge in [0.1, 0.15) is 0 Å². The Labute approximate surface area is 137 Å². The summed E-state index contributed by atoms with van der Waals surface area (Å²) in [6, 6.07) is 3.42. The molecular weight excluding hydrogens is 345 g/mol. The summed E-state index contributed by atoms with van der Waals surface area (Å²) in [4.78, 5) is 0.486. The lowest BCUT2D eigenvalue weighted by molar-refractivity contribution is -0.139. The summed E-state index contributed by atoms with van der Waals surface area (Å²) in [5.74, 6) is -0.177. The van der Waals surface area contributed by atoms with Gasteiger partial charge in [-0.05, 0) is 18.1 Å². The van der Waals surface area contributed by atoms with Crippen molar-refractivity contribution < 1.29 is 21.6 Å². The SMILES string of the molecule is CC(C)C(Cn1nccn1)NS(=O)(=O)c1ccccc1C(F)(F)F. The number of hydrogen-bond donors (Lipinski definition) is 1. The molecule has 1 aromatic carbocycles. The second kappa shape index (κ2) is 6.89. The van der Waals surface area contributed by atoms with Gasteiger partial charge in [0.25, 0.3) is 0 Å². The molecule has 0 saturated heterocycles. The Morgan fingerprint density at radius 3 is 2.29 bits per heavy atom. The number of sulfonamides is 1. The Bertz CT molecular complexity index is 774. The molecule has 2 rings (SSSR count). The predicted molar refractivity (Wildman–Crippen MR) is 80.4 cm³/mol. The molecule has 2 aromatic rings. The fourth-order valence-electron chi connectivity index (χ4n) is 2.10. The number of aromatic nitrogens is 3. The molecule has 10 heteroatoms. The van der Waals surface area contributed by atoms with Crippen molar-refractivity contribution in [1.29, 1.82) is 0 Å². The molecule has 132 valence electrons. The van der Waals surface area contributed by atoms with Gasteiger partial charge in [-0.25, -0.2) is 13.1 Å². The summed E-state index contributed by atoms with van der Waals surface area (Å²) in [5.41, 5.74) is -1.20. The van der Waals surface area contributed by atoms with E-state index in [0.717, 1.165) is 18.2 Å². The van der Waals surface area contributed by atoms with Crippen LogP contribution in [0.25, 0.3) is 0 Å². The smallest absolute Gasteiger partial charge is 0.207 e. The van der Waals surface area contributed by atoms with E-state index in [-0.39, 0.29) is 12.5 Å². The van der Waals surface area contributed by atoms with Crippen molar-refractivity contribution in [3.05, 3.63) is 42.2 Å². The van der Waals surface area contributed by atoms with Gasteiger partial charge in [0, 0.05) is 6.04 Å². The third kappa shape index (κ3) is 4.32. The van der Waals surface area contributed by atoms with Crippen LogP contribution in [-0.2, 0) is 22.7 Å². The van der Waals surface area contributed by atoms with E-state index < -0.39 is 32.7 Å². The molecule has 0 spiro atoms. The summed E-state index contributed by atoms with van der Waals surface area (Å²) < 4.78 is 66.5. The first-order valence-corrected chi connectivity index (χ1v) is 8.62. The minimum Gasteiger partial charge on any atom is -0.207 e. The predicted octanol–water partition coefficient (Wildman–Crippen LogP) is 2.30. The van der Waals surface area contributed by atoms with Crippen LogP contribution in [0, 0.1) is 5.92 Å². The average Bonchev–Trinajstić information content (AvgIpc) is 2.98. The van der Waals surface area contributed by atoms with Gasteiger partial charge in [-0.2, -0.15) is 28.2 Å². The highest BCUT2D eigenvalue weighted by Crippen LogP contribution is 2.34. The number of nitrogens with zero attached hydrogens (tertiary/aromatic N) is 3. The second-order valence-electron chi connectivity index (χ2n) is 5.55. The minimum absolute atomic E-state index is 0.109. The van der Waals surface area contributed by atoms with Crippen LogP contribution >= 0.6 is 0 Å². The molecule has 0 saturated carbocycles. The molecule has 1 atom stereocenters. The minimum atomic E-state index is -4.76. The maximum atomic E-state index is 13.1. The normalized spacial score (nSPS) is 14.1. The fourth-order valence-corrected chi connectivity index (χ4v) is 3.70. The molecule has 6 nitrogen and oxygen atoms in total. The maximum Gasteiger partial charge on any atom is 0.417 e. The molecule has 0 aliphatic heterocycles. The number of rotatable bonds is 6. The van der Waals surface area contributed by atoms with Crippen LogP contribution in [0.1, 0.15) is 19.4 Å². The zero-order valence-electron chi connectivity index (χ0n) is 13.0. The van der Waals surface area contributed by atoms with Crippen LogP contribution in [0.15, 0.2) is 41.6 Å². The molecule has 0 aliphatic carbocycles. The van der Waals surface area contributed by atoms with Crippen molar-refractivity contribution in [2.75, 3.05) is 0 Å². The summed E-state index contributed by atoms with van der Waals surface area (Å²) in [5, 5.41) is 7.78. The first kappa shape index (κ1) is 18.4. The number of hydrogen-bond acceptors (Lipinski definition) is 4. The molecule has 24 heavy (non-hydrogen) atoms. The molecule has 1 aromatic heterocycles. The Balaban J connectivity index is 2.33. The molecule has 0 bridgehead atoms. The summed E-state index contributed by atoms with van der Waals surface area (Å²) in [7, 11) is -4.36. The zero-order chi connectivity index (χ0) is 18.0. The van der Waals surface area contributed by atoms with Gasteiger partial charge in [0.05, 0.1) is 29.4 Å². The number of alkyl halides is 3. The molecule has 0 fully saturated rings. The third-order valence-electron chi connectivity index (χ3n) is 3.42. The molecule has 1 unspecified atom stereocenters. The van der Waals surface area contributed by atoms with Crippen LogP contribution < -0.4 is 4.72 Å². The summed E-state index contributed by atoms with van der Waals surface area (Å²) >= 11 is 0. The highest BCUT2D eigenvalue weighted by Gasteiger charge is 2.37. The Hall–Kier alpha value is -1.94. The lowest BCUT2D eigenvalue weighted by Crippen LogP contribution is -2.42. The van der Waals surface area contributed by atoms with E-state index in [2.05, 4.69) is 14.9 Å². The van der Waals surface area contributed by atoms with E-state index in [4.69, 9.17) is 0 Å². The van der Waals surface area contributed by atoms with Crippen LogP contribution in [-0.4, -0.2) is 29.5 Å². The van der Waals surface area contributed by atoms with E-state index in [1.54, 1.807) is 13.8 Å². The van der Waals surface area contributed by atoms with Gasteiger partial charge >= 0.3 is 6.18 Å². The first-order chi connectivity index (χ1) is 11.1. The third-order valence-corrected chi connectivity index (χ3v) is 4.97. The zero-order valence-corrected chi connectivity index (χ0v) is 13.8. The topological polar surface area (TPSA) is 76.9 Å². The van der Waals surface area contributed by atoms with E-state index in [0.29, 0.717) is 0 Å². The number of nitrogens with one attached hydrogen (secondary N) is 1. The summed E-state index contributed by atoms with van der Waals surface area (Å²) in [6.45, 7) is 3.62. The van der Waals surface area contributed by atoms with Gasteiger partial charge in [-0.3, -0.25) is 0 Å². The Kier molecular flexibility index (Phi) is 5.29. The van der Waals surface area contributed by atoms with E-state index >= 15 is 0 Å². The van der Waals surface area contributed by atoms with E-state index in [9.17, 15) is 21.6 Å². The van der Waals surface area contributed by atoms with Crippen LogP contribution in [0.2, 0.25) is 0 Å². The maximum absolute atomic E-state index is 13.1. The lowest BCUT2D eigenvalue weighted by Gasteiger charge is -2.22. The van der Waals surface area contributed by atoms with Crippen molar-refractivity contribution in [2.24, 2.45) is 5.92 Å². The monoisotopic (exact) mass is 362 g/mol. The van der Waals surface area contributed by atoms with Crippen molar-refractivity contribution in [3.63, 3.8) is 0 Å². The lowest BCUT2D eigenvalue weighted by atomic mass is 10.1. The van der Waals surface area contributed by atoms with Crippen LogP contribution in [0.4, 0.5) is 13.2 Å². The first-order valence-electron chi connectivity index (χ1n) is 7.14. The van der Waals surface area contributed by atoms with Gasteiger partial charge in [0.15, 0.2) is 0 Å². The van der Waals surface area contributed by atoms with Gasteiger partial charge in [-0.1, -0.05) is 26.0 Å². The Morgan fingerprint density at radius 2 is 1.75 bits per heavy atom. The molecular formula is C14H17F3N4O2S. The van der Waals surface area contributed by atoms with Crippen molar-refractivity contribution >= 4 is 10.0 Å². The van der Waals surface area contributed by atoms with Crippen molar-refractivity contribution in [3.8, 4) is 0 Å². The molecule has 0 radical (unpaired) electrons.